The van der Waals surface area contributed by atoms with Gasteiger partial charge >= 0.3 is 0 Å². The van der Waals surface area contributed by atoms with Crippen LogP contribution in [0.25, 0.3) is 43.4 Å². The second-order valence-electron chi connectivity index (χ2n) is 11.2. The van der Waals surface area contributed by atoms with E-state index in [4.69, 9.17) is 65.8 Å². The number of nitrogens with zero attached hydrogens (tertiary/aromatic N) is 6. The average molecular weight is 1010 g/mol. The van der Waals surface area contributed by atoms with Gasteiger partial charge in [-0.05, 0) is 101 Å². The van der Waals surface area contributed by atoms with Crippen LogP contribution >= 0.6 is 91.6 Å². The SMILES string of the molecule is CCOc1nccc2c(Nc3c(Cl)cc(I)cc3Cl)nc3ccncc3c12.COc1nccc2c(Nc3c(Cl)cc(I)cc3Cl)nc3ccncc3c12. The maximum atomic E-state index is 6.41. The normalized spacial score (nSPS) is 11.1. The second-order valence-corrected chi connectivity index (χ2v) is 15.3. The molecule has 0 spiro atoms. The number of anilines is 4. The van der Waals surface area contributed by atoms with E-state index in [1.54, 1.807) is 44.3 Å². The summed E-state index contributed by atoms with van der Waals surface area (Å²) >= 11 is 29.9. The number of fused-ring (bicyclic) bond motifs is 6. The van der Waals surface area contributed by atoms with Crippen LogP contribution in [0.5, 0.6) is 11.8 Å². The molecule has 0 aliphatic carbocycles. The highest BCUT2D eigenvalue weighted by atomic mass is 127. The number of halogens is 6. The molecule has 0 saturated carbocycles. The third-order valence-corrected chi connectivity index (χ3v) is 10.4. The van der Waals surface area contributed by atoms with Crippen LogP contribution in [0, 0.1) is 7.14 Å². The molecular formula is C37H24Cl4I2N8O2. The zero-order valence-electron chi connectivity index (χ0n) is 27.6. The van der Waals surface area contributed by atoms with Crippen LogP contribution in [0.4, 0.5) is 23.0 Å². The first-order valence-electron chi connectivity index (χ1n) is 15.7. The molecule has 6 aromatic heterocycles. The molecule has 0 bridgehead atoms. The van der Waals surface area contributed by atoms with Crippen molar-refractivity contribution in [2.24, 2.45) is 0 Å². The summed E-state index contributed by atoms with van der Waals surface area (Å²) in [5.74, 6) is 2.28. The molecule has 266 valence electrons. The van der Waals surface area contributed by atoms with Crippen LogP contribution in [-0.2, 0) is 0 Å². The van der Waals surface area contributed by atoms with Gasteiger partial charge < -0.3 is 20.1 Å². The molecule has 53 heavy (non-hydrogen) atoms. The van der Waals surface area contributed by atoms with Gasteiger partial charge in [0.15, 0.2) is 0 Å². The molecule has 16 heteroatoms. The lowest BCUT2D eigenvalue weighted by Gasteiger charge is -2.15. The summed E-state index contributed by atoms with van der Waals surface area (Å²) in [5, 5.41) is 13.7. The molecule has 0 aliphatic rings. The Labute approximate surface area is 350 Å². The molecule has 0 fully saturated rings. The van der Waals surface area contributed by atoms with E-state index in [9.17, 15) is 0 Å². The van der Waals surface area contributed by atoms with Crippen LogP contribution < -0.4 is 20.1 Å². The van der Waals surface area contributed by atoms with Crippen molar-refractivity contribution in [2.75, 3.05) is 24.4 Å². The molecule has 0 aliphatic heterocycles. The van der Waals surface area contributed by atoms with Crippen molar-refractivity contribution in [3.05, 3.63) is 113 Å². The molecule has 2 N–H and O–H groups in total. The number of nitrogens with one attached hydrogen (secondary N) is 2. The second kappa shape index (κ2) is 16.3. The van der Waals surface area contributed by atoms with Gasteiger partial charge in [0, 0.05) is 65.9 Å². The highest BCUT2D eigenvalue weighted by Crippen LogP contribution is 2.41. The minimum atomic E-state index is 0.505. The first kappa shape index (κ1) is 37.5. The van der Waals surface area contributed by atoms with Crippen LogP contribution in [0.1, 0.15) is 6.92 Å². The van der Waals surface area contributed by atoms with E-state index in [1.807, 2.05) is 55.5 Å². The quantitative estimate of drug-likeness (QED) is 0.118. The molecule has 8 rings (SSSR count). The van der Waals surface area contributed by atoms with Crippen molar-refractivity contribution in [1.29, 1.82) is 0 Å². The molecule has 10 nitrogen and oxygen atoms in total. The van der Waals surface area contributed by atoms with Crippen molar-refractivity contribution >= 4 is 158 Å². The fourth-order valence-electron chi connectivity index (χ4n) is 5.67. The summed E-state index contributed by atoms with van der Waals surface area (Å²) in [6.45, 7) is 2.43. The van der Waals surface area contributed by atoms with Gasteiger partial charge in [-0.2, -0.15) is 0 Å². The fraction of sp³-hybridized carbons (Fsp3) is 0.0811. The number of rotatable bonds is 7. The molecule has 0 radical (unpaired) electrons. The highest BCUT2D eigenvalue weighted by Gasteiger charge is 2.18. The van der Waals surface area contributed by atoms with Gasteiger partial charge in [-0.3, -0.25) is 9.97 Å². The Morgan fingerprint density at radius 1 is 0.604 bits per heavy atom. The van der Waals surface area contributed by atoms with E-state index in [0.717, 1.165) is 50.5 Å². The van der Waals surface area contributed by atoms with Crippen LogP contribution in [0.15, 0.2) is 85.7 Å². The summed E-state index contributed by atoms with van der Waals surface area (Å²) in [7, 11) is 1.59. The summed E-state index contributed by atoms with van der Waals surface area (Å²) in [4.78, 5) is 26.6. The number of benzene rings is 2. The van der Waals surface area contributed by atoms with Gasteiger partial charge in [0.1, 0.15) is 11.6 Å². The maximum Gasteiger partial charge on any atom is 0.222 e. The van der Waals surface area contributed by atoms with Gasteiger partial charge in [-0.1, -0.05) is 46.4 Å². The van der Waals surface area contributed by atoms with E-state index < -0.39 is 0 Å². The van der Waals surface area contributed by atoms with E-state index in [2.05, 4.69) is 75.8 Å². The number of hydrogen-bond donors (Lipinski definition) is 2. The number of pyridine rings is 6. The van der Waals surface area contributed by atoms with Crippen LogP contribution in [0.3, 0.4) is 0 Å². The van der Waals surface area contributed by atoms with Crippen molar-refractivity contribution < 1.29 is 9.47 Å². The predicted octanol–water partition coefficient (Wildman–Crippen LogP) is 12.1. The lowest BCUT2D eigenvalue weighted by molar-refractivity contribution is 0.331. The van der Waals surface area contributed by atoms with E-state index in [0.29, 0.717) is 61.5 Å². The summed E-state index contributed by atoms with van der Waals surface area (Å²) in [6, 6.07) is 14.8. The third kappa shape index (κ3) is 7.75. The predicted molar refractivity (Wildman–Crippen MR) is 232 cm³/mol. The highest BCUT2D eigenvalue weighted by molar-refractivity contribution is 14.1. The fourth-order valence-corrected chi connectivity index (χ4v) is 8.81. The number of aromatic nitrogens is 6. The summed E-state index contributed by atoms with van der Waals surface area (Å²) in [5.41, 5.74) is 2.74. The number of methoxy groups -OCH3 is 1. The molecular weight excluding hydrogens is 984 g/mol. The van der Waals surface area contributed by atoms with E-state index in [-0.39, 0.29) is 0 Å². The van der Waals surface area contributed by atoms with E-state index in [1.165, 1.54) is 0 Å². The Bertz CT molecular complexity index is 2640. The average Bonchev–Trinajstić information content (AvgIpc) is 3.14. The monoisotopic (exact) mass is 1010 g/mol. The van der Waals surface area contributed by atoms with Crippen LogP contribution in [0.2, 0.25) is 20.1 Å². The summed E-state index contributed by atoms with van der Waals surface area (Å²) < 4.78 is 13.1. The molecule has 0 atom stereocenters. The largest absolute Gasteiger partial charge is 0.481 e. The molecule has 8 aromatic rings. The Hall–Kier alpha value is -3.80. The van der Waals surface area contributed by atoms with Gasteiger partial charge in [-0.15, -0.1) is 0 Å². The first-order valence-corrected chi connectivity index (χ1v) is 19.4. The zero-order valence-corrected chi connectivity index (χ0v) is 34.9. The Morgan fingerprint density at radius 2 is 1.04 bits per heavy atom. The molecule has 2 aromatic carbocycles. The topological polar surface area (TPSA) is 120 Å². The third-order valence-electron chi connectivity index (χ3n) is 7.92. The molecule has 0 saturated heterocycles. The van der Waals surface area contributed by atoms with Gasteiger partial charge in [0.2, 0.25) is 11.8 Å². The lowest BCUT2D eigenvalue weighted by atomic mass is 10.1. The standard InChI is InChI=1S/C19H13Cl2IN4O.C18H11Cl2IN4O/c1-2-27-19-16-11(3-6-24-19)18(25-15-4-5-23-9-12(15)16)26-17-13(20)7-10(22)8-14(17)21;1-26-18-15-10(2-5-23-18)17(24-14-3-4-22-8-11(14)15)25-16-12(19)6-9(21)7-13(16)20/h3-9H,2H2,1H3,(H,25,26);2-8H,1H3,(H,24,25). The Kier molecular flexibility index (Phi) is 11.5. The van der Waals surface area contributed by atoms with Crippen molar-refractivity contribution in [2.45, 2.75) is 6.92 Å². The zero-order chi connectivity index (χ0) is 37.2. The van der Waals surface area contributed by atoms with Gasteiger partial charge in [0.25, 0.3) is 0 Å². The van der Waals surface area contributed by atoms with Gasteiger partial charge in [-0.25, -0.2) is 19.9 Å². The number of ether oxygens (including phenoxy) is 2. The maximum absolute atomic E-state index is 6.41. The minimum absolute atomic E-state index is 0.505. The van der Waals surface area contributed by atoms with Crippen molar-refractivity contribution in [3.8, 4) is 11.8 Å². The molecule has 0 unspecified atom stereocenters. The van der Waals surface area contributed by atoms with E-state index >= 15 is 0 Å². The smallest absolute Gasteiger partial charge is 0.222 e. The summed E-state index contributed by atoms with van der Waals surface area (Å²) in [6.07, 6.45) is 10.3. The number of hydrogen-bond acceptors (Lipinski definition) is 10. The van der Waals surface area contributed by atoms with Crippen molar-refractivity contribution in [1.82, 2.24) is 29.9 Å². The minimum Gasteiger partial charge on any atom is -0.481 e. The Balaban J connectivity index is 0.000000164. The lowest BCUT2D eigenvalue weighted by Crippen LogP contribution is -2.01. The van der Waals surface area contributed by atoms with Crippen LogP contribution in [-0.4, -0.2) is 43.6 Å². The van der Waals surface area contributed by atoms with Gasteiger partial charge in [0.05, 0.1) is 67.0 Å². The Morgan fingerprint density at radius 3 is 1.47 bits per heavy atom. The molecule has 0 amide bonds. The first-order chi connectivity index (χ1) is 25.7. The molecule has 6 heterocycles. The van der Waals surface area contributed by atoms with Crippen molar-refractivity contribution in [3.63, 3.8) is 0 Å².